The second-order valence-corrected chi connectivity index (χ2v) is 11.4. The Bertz CT molecular complexity index is 1070. The molecule has 0 spiro atoms. The van der Waals surface area contributed by atoms with Gasteiger partial charge in [0.15, 0.2) is 0 Å². The molecule has 2 saturated heterocycles. The summed E-state index contributed by atoms with van der Waals surface area (Å²) >= 11 is 0. The topological polar surface area (TPSA) is 150 Å². The number of nitrogens with one attached hydrogen (secondary N) is 2. The zero-order valence-electron chi connectivity index (χ0n) is 25.4. The minimum Gasteiger partial charge on any atom is -0.445 e. The zero-order valence-corrected chi connectivity index (χ0v) is 25.4. The highest BCUT2D eigenvalue weighted by atomic mass is 16.6. The lowest BCUT2D eigenvalue weighted by Gasteiger charge is -2.39. The largest absolute Gasteiger partial charge is 0.445 e. The third-order valence-electron chi connectivity index (χ3n) is 7.13. The first-order chi connectivity index (χ1) is 19.3. The van der Waals surface area contributed by atoms with Gasteiger partial charge in [0, 0.05) is 6.42 Å². The van der Waals surface area contributed by atoms with Crippen molar-refractivity contribution in [2.24, 2.45) is 21.8 Å². The molecule has 12 nitrogen and oxygen atoms in total. The van der Waals surface area contributed by atoms with Crippen molar-refractivity contribution in [3.8, 4) is 0 Å². The molecule has 0 aromatic heterocycles. The van der Waals surface area contributed by atoms with Crippen molar-refractivity contribution in [1.82, 2.24) is 20.4 Å². The Kier molecular flexibility index (Phi) is 12.7. The van der Waals surface area contributed by atoms with Crippen LogP contribution in [0.3, 0.4) is 0 Å². The average molecular weight is 575 g/mol. The molecule has 0 radical (unpaired) electrons. The van der Waals surface area contributed by atoms with E-state index in [4.69, 9.17) is 9.73 Å². The number of amides is 4. The lowest BCUT2D eigenvalue weighted by atomic mass is 9.97. The van der Waals surface area contributed by atoms with E-state index >= 15 is 0 Å². The van der Waals surface area contributed by atoms with Gasteiger partial charge in [0.1, 0.15) is 43.2 Å². The van der Waals surface area contributed by atoms with Crippen LogP contribution in [0, 0.1) is 11.8 Å². The fourth-order valence-electron chi connectivity index (χ4n) is 4.60. The van der Waals surface area contributed by atoms with Gasteiger partial charge in [-0.2, -0.15) is 0 Å². The summed E-state index contributed by atoms with van der Waals surface area (Å²) in [7, 11) is 0. The van der Waals surface area contributed by atoms with E-state index in [0.29, 0.717) is 12.3 Å². The molecular weight excluding hydrogens is 528 g/mol. The summed E-state index contributed by atoms with van der Waals surface area (Å²) in [5.74, 6) is -0.276. The number of ketones is 1. The molecule has 0 aromatic carbocycles. The molecule has 0 bridgehead atoms. The van der Waals surface area contributed by atoms with Crippen LogP contribution in [0.4, 0.5) is 4.79 Å². The maximum atomic E-state index is 14.0. The van der Waals surface area contributed by atoms with Crippen LogP contribution in [0.15, 0.2) is 22.6 Å². The van der Waals surface area contributed by atoms with E-state index in [1.165, 1.54) is 22.8 Å². The van der Waals surface area contributed by atoms with Gasteiger partial charge in [0.25, 0.3) is 0 Å². The van der Waals surface area contributed by atoms with E-state index in [1.807, 2.05) is 34.6 Å². The number of hydrogen-bond donors (Lipinski definition) is 2. The van der Waals surface area contributed by atoms with E-state index in [9.17, 15) is 24.0 Å². The summed E-state index contributed by atoms with van der Waals surface area (Å²) in [4.78, 5) is 76.1. The summed E-state index contributed by atoms with van der Waals surface area (Å²) in [5.41, 5.74) is 0. The molecule has 41 heavy (non-hydrogen) atoms. The summed E-state index contributed by atoms with van der Waals surface area (Å²) in [6.07, 6.45) is 1.85. The number of ether oxygens (including phenoxy) is 1. The normalized spacial score (nSPS) is 23.0. The van der Waals surface area contributed by atoms with Crippen molar-refractivity contribution in [2.45, 2.75) is 98.3 Å². The van der Waals surface area contributed by atoms with Crippen molar-refractivity contribution < 1.29 is 28.7 Å². The number of rotatable bonds is 12. The minimum atomic E-state index is -0.946. The first-order valence-corrected chi connectivity index (χ1v) is 14.4. The molecule has 0 unspecified atom stereocenters. The molecule has 2 aliphatic heterocycles. The molecule has 2 aliphatic rings. The molecule has 4 atom stereocenters. The first kappa shape index (κ1) is 33.6. The van der Waals surface area contributed by atoms with Crippen LogP contribution in [0.2, 0.25) is 0 Å². The van der Waals surface area contributed by atoms with Crippen LogP contribution < -0.4 is 10.6 Å². The minimum absolute atomic E-state index is 0.0491. The average Bonchev–Trinajstić information content (AvgIpc) is 2.89. The maximum Gasteiger partial charge on any atom is 0.411 e. The number of aliphatic imine (C=N–C) groups is 2. The van der Waals surface area contributed by atoms with Crippen LogP contribution in [-0.2, 0) is 23.9 Å². The third-order valence-corrected chi connectivity index (χ3v) is 7.13. The predicted octanol–water partition coefficient (Wildman–Crippen LogP) is 2.47. The Morgan fingerprint density at radius 2 is 1.59 bits per heavy atom. The molecule has 2 heterocycles. The highest BCUT2D eigenvalue weighted by molar-refractivity contribution is 6.09. The van der Waals surface area contributed by atoms with Crippen LogP contribution in [0.25, 0.3) is 0 Å². The Labute approximate surface area is 243 Å². The van der Waals surface area contributed by atoms with Crippen LogP contribution >= 0.6 is 0 Å². The number of piperazine rings is 2. The first-order valence-electron chi connectivity index (χ1n) is 14.4. The third kappa shape index (κ3) is 9.50. The van der Waals surface area contributed by atoms with Crippen molar-refractivity contribution in [3.05, 3.63) is 12.7 Å². The van der Waals surface area contributed by atoms with Gasteiger partial charge in [0.05, 0.1) is 18.1 Å². The molecule has 2 N–H and O–H groups in total. The number of hydrogen-bond acceptors (Lipinski definition) is 8. The van der Waals surface area contributed by atoms with Gasteiger partial charge in [-0.05, 0) is 44.9 Å². The summed E-state index contributed by atoms with van der Waals surface area (Å²) in [6.45, 7) is 16.4. The molecule has 0 aliphatic carbocycles. The van der Waals surface area contributed by atoms with Crippen LogP contribution in [-0.4, -0.2) is 94.9 Å². The Morgan fingerprint density at radius 1 is 1.00 bits per heavy atom. The highest BCUT2D eigenvalue weighted by Gasteiger charge is 2.40. The van der Waals surface area contributed by atoms with Crippen molar-refractivity contribution in [1.29, 1.82) is 0 Å². The standard InChI is InChI=1S/C29H46N6O6/c1-9-13-41-29(40)35-16-25(38)32-26(22(35)12-11-19(7)36)31-21(10-2)28(39)34-15-24(37)33-27(23(34)14-17(3)4)30-20(8)18(5)6/h9,17-18,20-23H,1,10-16H2,2-8H3,(H,30,33,37)(H,31,32,38)/t20-,21+,22+,23+/m1/s1. The Balaban J connectivity index is 2.50. The number of carbonyl (C=O) groups is 5. The van der Waals surface area contributed by atoms with Gasteiger partial charge in [-0.15, -0.1) is 0 Å². The van der Waals surface area contributed by atoms with Crippen molar-refractivity contribution >= 4 is 41.3 Å². The number of amidine groups is 2. The number of Topliss-reactive ketones (excluding diaryl/α,β-unsaturated/α-hetero) is 1. The maximum absolute atomic E-state index is 14.0. The van der Waals surface area contributed by atoms with E-state index < -0.39 is 30.1 Å². The molecular formula is C29H46N6O6. The van der Waals surface area contributed by atoms with Gasteiger partial charge < -0.3 is 25.1 Å². The highest BCUT2D eigenvalue weighted by Crippen LogP contribution is 2.22. The van der Waals surface area contributed by atoms with Gasteiger partial charge in [-0.25, -0.2) is 4.79 Å². The van der Waals surface area contributed by atoms with Crippen molar-refractivity contribution in [3.63, 3.8) is 0 Å². The predicted molar refractivity (Wildman–Crippen MR) is 156 cm³/mol. The summed E-state index contributed by atoms with van der Waals surface area (Å²) in [5, 5.41) is 5.59. The van der Waals surface area contributed by atoms with Crippen LogP contribution in [0.5, 0.6) is 0 Å². The molecule has 2 fully saturated rings. The molecule has 12 heteroatoms. The Hall–Kier alpha value is -3.57. The molecule has 4 amide bonds. The van der Waals surface area contributed by atoms with Gasteiger partial charge in [-0.3, -0.25) is 29.3 Å². The molecule has 2 rings (SSSR count). The zero-order chi connectivity index (χ0) is 30.9. The smallest absolute Gasteiger partial charge is 0.411 e. The molecule has 0 saturated carbocycles. The Morgan fingerprint density at radius 3 is 2.10 bits per heavy atom. The van der Waals surface area contributed by atoms with Gasteiger partial charge >= 0.3 is 6.09 Å². The number of carbonyl (C=O) groups excluding carboxylic acids is 5. The van der Waals surface area contributed by atoms with Gasteiger partial charge in [0.2, 0.25) is 17.7 Å². The second-order valence-electron chi connectivity index (χ2n) is 11.4. The van der Waals surface area contributed by atoms with Gasteiger partial charge in [-0.1, -0.05) is 47.3 Å². The lowest BCUT2D eigenvalue weighted by molar-refractivity contribution is -0.139. The van der Waals surface area contributed by atoms with Crippen molar-refractivity contribution in [2.75, 3.05) is 19.7 Å². The fraction of sp³-hybridized carbons (Fsp3) is 0.690. The number of nitrogens with zero attached hydrogens (tertiary/aromatic N) is 4. The SMILES string of the molecule is C=CCOC(=O)N1CC(=O)NC(=N[C@@H](CC)C(=O)N2CC(=O)NC(=N[C@H](C)C(C)C)[C@@H]2CC(C)C)[C@@H]1CCC(C)=O. The lowest BCUT2D eigenvalue weighted by Crippen LogP contribution is -2.62. The summed E-state index contributed by atoms with van der Waals surface area (Å²) in [6, 6.07) is -2.24. The molecule has 228 valence electrons. The molecule has 0 aromatic rings. The van der Waals surface area contributed by atoms with E-state index in [0.717, 1.165) is 0 Å². The fourth-order valence-corrected chi connectivity index (χ4v) is 4.60. The van der Waals surface area contributed by atoms with E-state index in [2.05, 4.69) is 22.2 Å². The summed E-state index contributed by atoms with van der Waals surface area (Å²) < 4.78 is 5.18. The van der Waals surface area contributed by atoms with E-state index in [1.54, 1.807) is 6.92 Å². The van der Waals surface area contributed by atoms with E-state index in [-0.39, 0.29) is 80.3 Å². The quantitative estimate of drug-likeness (QED) is 0.342. The second kappa shape index (κ2) is 15.4. The monoisotopic (exact) mass is 574 g/mol. The van der Waals surface area contributed by atoms with Crippen LogP contribution in [0.1, 0.15) is 74.1 Å².